The maximum absolute atomic E-state index is 13.0. The van der Waals surface area contributed by atoms with Gasteiger partial charge in [0.2, 0.25) is 5.91 Å². The number of anilines is 1. The third kappa shape index (κ3) is 5.63. The number of primary amides is 1. The summed E-state index contributed by atoms with van der Waals surface area (Å²) in [4.78, 5) is 23.5. The maximum atomic E-state index is 13.0. The summed E-state index contributed by atoms with van der Waals surface area (Å²) in [5.74, 6) is -0.869. The van der Waals surface area contributed by atoms with Gasteiger partial charge in [-0.05, 0) is 24.3 Å². The molecular formula is C16H15FN2O3S. The van der Waals surface area contributed by atoms with Crippen LogP contribution in [0.25, 0.3) is 0 Å². The highest BCUT2D eigenvalue weighted by atomic mass is 32.2. The first-order valence-corrected chi connectivity index (χ1v) is 7.71. The standard InChI is InChI=1S/C16H15FN2O3S/c17-11-4-3-5-12(8-11)22-9-16(21)19-13-6-1-2-7-14(13)23-10-15(18)20/h1-8H,9-10H2,(H2,18,20)(H,19,21). The monoisotopic (exact) mass is 334 g/mol. The number of carbonyl (C=O) groups is 2. The Kier molecular flexibility index (Phi) is 5.99. The molecule has 0 radical (unpaired) electrons. The lowest BCUT2D eigenvalue weighted by atomic mass is 10.3. The fraction of sp³-hybridized carbons (Fsp3) is 0.125. The van der Waals surface area contributed by atoms with Gasteiger partial charge in [0.15, 0.2) is 6.61 Å². The van der Waals surface area contributed by atoms with E-state index in [2.05, 4.69) is 5.32 Å². The van der Waals surface area contributed by atoms with Gasteiger partial charge in [0.25, 0.3) is 5.91 Å². The minimum Gasteiger partial charge on any atom is -0.484 e. The Hall–Kier alpha value is -2.54. The molecule has 0 spiro atoms. The van der Waals surface area contributed by atoms with Crippen molar-refractivity contribution in [3.63, 3.8) is 0 Å². The Bertz CT molecular complexity index is 709. The third-order valence-electron chi connectivity index (χ3n) is 2.70. The largest absolute Gasteiger partial charge is 0.484 e. The molecule has 0 aliphatic carbocycles. The van der Waals surface area contributed by atoms with Gasteiger partial charge >= 0.3 is 0 Å². The molecule has 2 amide bonds. The van der Waals surface area contributed by atoms with Gasteiger partial charge < -0.3 is 15.8 Å². The van der Waals surface area contributed by atoms with Crippen LogP contribution in [0.15, 0.2) is 53.4 Å². The number of thioether (sulfide) groups is 1. The number of para-hydroxylation sites is 1. The second kappa shape index (κ2) is 8.19. The zero-order valence-corrected chi connectivity index (χ0v) is 12.9. The molecule has 23 heavy (non-hydrogen) atoms. The lowest BCUT2D eigenvalue weighted by Crippen LogP contribution is -2.20. The van der Waals surface area contributed by atoms with Gasteiger partial charge in [-0.3, -0.25) is 9.59 Å². The molecule has 120 valence electrons. The normalized spacial score (nSPS) is 10.1. The molecule has 7 heteroatoms. The fourth-order valence-corrected chi connectivity index (χ4v) is 2.48. The average molecular weight is 334 g/mol. The van der Waals surface area contributed by atoms with Crippen LogP contribution in [0.2, 0.25) is 0 Å². The summed E-state index contributed by atoms with van der Waals surface area (Å²) in [7, 11) is 0. The Morgan fingerprint density at radius 2 is 1.96 bits per heavy atom. The summed E-state index contributed by atoms with van der Waals surface area (Å²) in [6.45, 7) is -0.252. The highest BCUT2D eigenvalue weighted by Gasteiger charge is 2.09. The molecular weight excluding hydrogens is 319 g/mol. The minimum atomic E-state index is -0.439. The number of amides is 2. The predicted molar refractivity (Wildman–Crippen MR) is 86.9 cm³/mol. The number of rotatable bonds is 7. The number of ether oxygens (including phenoxy) is 1. The molecule has 3 N–H and O–H groups in total. The maximum Gasteiger partial charge on any atom is 0.262 e. The van der Waals surface area contributed by atoms with Crippen LogP contribution in [0.3, 0.4) is 0 Å². The first kappa shape index (κ1) is 16.8. The van der Waals surface area contributed by atoms with Crippen molar-refractivity contribution >= 4 is 29.3 Å². The molecule has 0 saturated heterocycles. The van der Waals surface area contributed by atoms with Crippen LogP contribution in [0.1, 0.15) is 0 Å². The van der Waals surface area contributed by atoms with Gasteiger partial charge in [-0.15, -0.1) is 11.8 Å². The minimum absolute atomic E-state index is 0.118. The lowest BCUT2D eigenvalue weighted by molar-refractivity contribution is -0.118. The van der Waals surface area contributed by atoms with Gasteiger partial charge in [-0.1, -0.05) is 18.2 Å². The Labute approximate surface area is 137 Å². The van der Waals surface area contributed by atoms with Crippen molar-refractivity contribution in [2.75, 3.05) is 17.7 Å². The van der Waals surface area contributed by atoms with E-state index in [1.54, 1.807) is 30.3 Å². The first-order chi connectivity index (χ1) is 11.0. The van der Waals surface area contributed by atoms with Gasteiger partial charge in [-0.25, -0.2) is 4.39 Å². The van der Waals surface area contributed by atoms with Crippen LogP contribution in [-0.4, -0.2) is 24.2 Å². The zero-order valence-electron chi connectivity index (χ0n) is 12.1. The molecule has 2 aromatic rings. The smallest absolute Gasteiger partial charge is 0.262 e. The van der Waals surface area contributed by atoms with Crippen molar-refractivity contribution in [2.24, 2.45) is 5.73 Å². The Balaban J connectivity index is 1.93. The highest BCUT2D eigenvalue weighted by molar-refractivity contribution is 8.00. The molecule has 0 atom stereocenters. The van der Waals surface area contributed by atoms with E-state index in [-0.39, 0.29) is 24.0 Å². The van der Waals surface area contributed by atoms with E-state index in [4.69, 9.17) is 10.5 Å². The zero-order chi connectivity index (χ0) is 16.7. The van der Waals surface area contributed by atoms with Gasteiger partial charge in [0.1, 0.15) is 11.6 Å². The first-order valence-electron chi connectivity index (χ1n) is 6.73. The van der Waals surface area contributed by atoms with Crippen molar-refractivity contribution < 1.29 is 18.7 Å². The quantitative estimate of drug-likeness (QED) is 0.762. The van der Waals surface area contributed by atoms with E-state index >= 15 is 0 Å². The topological polar surface area (TPSA) is 81.4 Å². The van der Waals surface area contributed by atoms with Crippen molar-refractivity contribution in [1.29, 1.82) is 0 Å². The number of benzene rings is 2. The molecule has 5 nitrogen and oxygen atoms in total. The molecule has 2 rings (SSSR count). The Morgan fingerprint density at radius 1 is 1.17 bits per heavy atom. The van der Waals surface area contributed by atoms with Crippen LogP contribution in [0, 0.1) is 5.82 Å². The molecule has 0 bridgehead atoms. The van der Waals surface area contributed by atoms with E-state index in [0.717, 1.165) is 4.90 Å². The van der Waals surface area contributed by atoms with Crippen LogP contribution >= 0.6 is 11.8 Å². The van der Waals surface area contributed by atoms with Crippen LogP contribution in [-0.2, 0) is 9.59 Å². The van der Waals surface area contributed by atoms with E-state index < -0.39 is 11.7 Å². The molecule has 2 aromatic carbocycles. The molecule has 0 unspecified atom stereocenters. The second-order valence-electron chi connectivity index (χ2n) is 4.55. The molecule has 0 aromatic heterocycles. The number of carbonyl (C=O) groups excluding carboxylic acids is 2. The molecule has 0 aliphatic heterocycles. The summed E-state index contributed by atoms with van der Waals surface area (Å²) in [5, 5.41) is 2.69. The van der Waals surface area contributed by atoms with E-state index in [0.29, 0.717) is 5.69 Å². The summed E-state index contributed by atoms with van der Waals surface area (Å²) in [6.07, 6.45) is 0. The SMILES string of the molecule is NC(=O)CSc1ccccc1NC(=O)COc1cccc(F)c1. The number of nitrogens with two attached hydrogens (primary N) is 1. The fourth-order valence-electron chi connectivity index (χ4n) is 1.74. The van der Waals surface area contributed by atoms with Crippen LogP contribution in [0.4, 0.5) is 10.1 Å². The van der Waals surface area contributed by atoms with E-state index in [9.17, 15) is 14.0 Å². The van der Waals surface area contributed by atoms with Crippen molar-refractivity contribution in [3.05, 3.63) is 54.3 Å². The molecule has 0 aliphatic rings. The van der Waals surface area contributed by atoms with Gasteiger partial charge in [0, 0.05) is 11.0 Å². The summed E-state index contributed by atoms with van der Waals surface area (Å²) >= 11 is 1.23. The average Bonchev–Trinajstić information content (AvgIpc) is 2.52. The number of nitrogens with one attached hydrogen (secondary N) is 1. The van der Waals surface area contributed by atoms with Gasteiger partial charge in [0.05, 0.1) is 11.4 Å². The van der Waals surface area contributed by atoms with Gasteiger partial charge in [-0.2, -0.15) is 0 Å². The predicted octanol–water partition coefficient (Wildman–Crippen LogP) is 2.42. The van der Waals surface area contributed by atoms with Crippen molar-refractivity contribution in [1.82, 2.24) is 0 Å². The summed E-state index contributed by atoms with van der Waals surface area (Å²) < 4.78 is 18.2. The number of hydrogen-bond acceptors (Lipinski definition) is 4. The van der Waals surface area contributed by atoms with E-state index in [1.807, 2.05) is 0 Å². The summed E-state index contributed by atoms with van der Waals surface area (Å²) in [5.41, 5.74) is 5.68. The molecule has 0 heterocycles. The third-order valence-corrected chi connectivity index (χ3v) is 3.79. The van der Waals surface area contributed by atoms with Crippen LogP contribution in [0.5, 0.6) is 5.75 Å². The molecule has 0 saturated carbocycles. The summed E-state index contributed by atoms with van der Waals surface area (Å²) in [6, 6.07) is 12.6. The Morgan fingerprint density at radius 3 is 2.70 bits per heavy atom. The van der Waals surface area contributed by atoms with E-state index in [1.165, 1.54) is 30.0 Å². The second-order valence-corrected chi connectivity index (χ2v) is 5.56. The van der Waals surface area contributed by atoms with Crippen molar-refractivity contribution in [3.8, 4) is 5.75 Å². The molecule has 0 fully saturated rings. The number of hydrogen-bond donors (Lipinski definition) is 2. The lowest BCUT2D eigenvalue weighted by Gasteiger charge is -2.11. The highest BCUT2D eigenvalue weighted by Crippen LogP contribution is 2.26. The van der Waals surface area contributed by atoms with Crippen LogP contribution < -0.4 is 15.8 Å². The number of halogens is 1. The van der Waals surface area contributed by atoms with Crippen molar-refractivity contribution in [2.45, 2.75) is 4.90 Å².